The molecular formula is C76H138O6. The van der Waals surface area contributed by atoms with E-state index in [1.165, 1.54) is 250 Å². The first-order chi connectivity index (χ1) is 40.5. The van der Waals surface area contributed by atoms with Crippen LogP contribution in [0.5, 0.6) is 0 Å². The molecule has 0 N–H and O–H groups in total. The van der Waals surface area contributed by atoms with Gasteiger partial charge >= 0.3 is 17.9 Å². The first-order valence-corrected chi connectivity index (χ1v) is 36.3. The maximum Gasteiger partial charge on any atom is 0.306 e. The van der Waals surface area contributed by atoms with E-state index in [4.69, 9.17) is 14.2 Å². The Hall–Kier alpha value is -2.89. The molecule has 0 heterocycles. The first-order valence-electron chi connectivity index (χ1n) is 36.3. The molecule has 0 aliphatic carbocycles. The van der Waals surface area contributed by atoms with Gasteiger partial charge in [0.15, 0.2) is 6.10 Å². The highest BCUT2D eigenvalue weighted by Crippen LogP contribution is 2.19. The summed E-state index contributed by atoms with van der Waals surface area (Å²) in [6.45, 7) is 6.59. The molecule has 0 saturated carbocycles. The number of hydrogen-bond donors (Lipinski definition) is 0. The zero-order valence-electron chi connectivity index (χ0n) is 55.0. The van der Waals surface area contributed by atoms with Crippen molar-refractivity contribution in [1.29, 1.82) is 0 Å². The number of ether oxygens (including phenoxy) is 3. The number of hydrogen-bond acceptors (Lipinski definition) is 6. The summed E-state index contributed by atoms with van der Waals surface area (Å²) < 4.78 is 17.0. The van der Waals surface area contributed by atoms with Gasteiger partial charge in [0.25, 0.3) is 0 Å². The number of unbranched alkanes of at least 4 members (excludes halogenated alkanes) is 46. The summed E-state index contributed by atoms with van der Waals surface area (Å²) in [5, 5.41) is 0. The molecule has 0 rings (SSSR count). The molecule has 0 amide bonds. The Morgan fingerprint density at radius 3 is 0.744 bits per heavy atom. The molecule has 0 aliphatic heterocycles. The summed E-state index contributed by atoms with van der Waals surface area (Å²) in [7, 11) is 0. The van der Waals surface area contributed by atoms with Crippen LogP contribution in [-0.4, -0.2) is 37.2 Å². The lowest BCUT2D eigenvalue weighted by molar-refractivity contribution is -0.167. The quantitative estimate of drug-likeness (QED) is 0.0261. The van der Waals surface area contributed by atoms with Crippen LogP contribution in [0.3, 0.4) is 0 Å². The molecule has 0 aromatic heterocycles. The van der Waals surface area contributed by atoms with Crippen LogP contribution in [0.2, 0.25) is 0 Å². The van der Waals surface area contributed by atoms with E-state index >= 15 is 0 Å². The van der Waals surface area contributed by atoms with E-state index in [2.05, 4.69) is 81.5 Å². The van der Waals surface area contributed by atoms with Gasteiger partial charge in [-0.15, -0.1) is 0 Å². The van der Waals surface area contributed by atoms with E-state index in [0.717, 1.165) is 96.3 Å². The molecule has 0 radical (unpaired) electrons. The van der Waals surface area contributed by atoms with Gasteiger partial charge in [-0.1, -0.05) is 364 Å². The van der Waals surface area contributed by atoms with Crippen molar-refractivity contribution in [2.45, 2.75) is 393 Å². The van der Waals surface area contributed by atoms with Gasteiger partial charge in [-0.05, 0) is 64.2 Å². The van der Waals surface area contributed by atoms with E-state index in [1.807, 2.05) is 0 Å². The Morgan fingerprint density at radius 1 is 0.256 bits per heavy atom. The second-order valence-corrected chi connectivity index (χ2v) is 24.5. The average Bonchev–Trinajstić information content (AvgIpc) is 3.47. The van der Waals surface area contributed by atoms with E-state index in [9.17, 15) is 14.4 Å². The van der Waals surface area contributed by atoms with Crippen LogP contribution in [0.4, 0.5) is 0 Å². The zero-order valence-corrected chi connectivity index (χ0v) is 55.0. The normalized spacial score (nSPS) is 12.4. The van der Waals surface area contributed by atoms with Gasteiger partial charge in [0, 0.05) is 19.3 Å². The highest BCUT2D eigenvalue weighted by molar-refractivity contribution is 5.71. The monoisotopic (exact) mass is 1150 g/mol. The third-order valence-corrected chi connectivity index (χ3v) is 16.3. The molecular weight excluding hydrogens is 1010 g/mol. The number of allylic oxidation sites excluding steroid dienone is 10. The largest absolute Gasteiger partial charge is 0.462 e. The number of carbonyl (C=O) groups excluding carboxylic acids is 3. The fourth-order valence-electron chi connectivity index (χ4n) is 10.9. The lowest BCUT2D eigenvalue weighted by Gasteiger charge is -2.18. The molecule has 0 aromatic carbocycles. The minimum absolute atomic E-state index is 0.0735. The van der Waals surface area contributed by atoms with Crippen molar-refractivity contribution in [1.82, 2.24) is 0 Å². The van der Waals surface area contributed by atoms with Crippen molar-refractivity contribution in [2.75, 3.05) is 13.2 Å². The Labute approximate surface area is 510 Å². The Balaban J connectivity index is 4.29. The fraction of sp³-hybridized carbons (Fsp3) is 0.829. The number of carbonyl (C=O) groups is 3. The topological polar surface area (TPSA) is 78.9 Å². The predicted octanol–water partition coefficient (Wildman–Crippen LogP) is 25.1. The molecule has 82 heavy (non-hydrogen) atoms. The second-order valence-electron chi connectivity index (χ2n) is 24.5. The van der Waals surface area contributed by atoms with Crippen LogP contribution in [0.25, 0.3) is 0 Å². The van der Waals surface area contributed by atoms with Crippen LogP contribution in [0.1, 0.15) is 387 Å². The van der Waals surface area contributed by atoms with Gasteiger partial charge in [0.1, 0.15) is 13.2 Å². The molecule has 478 valence electrons. The predicted molar refractivity (Wildman–Crippen MR) is 358 cm³/mol. The van der Waals surface area contributed by atoms with Gasteiger partial charge in [-0.25, -0.2) is 0 Å². The lowest BCUT2D eigenvalue weighted by Crippen LogP contribution is -2.30. The highest BCUT2D eigenvalue weighted by atomic mass is 16.6. The smallest absolute Gasteiger partial charge is 0.306 e. The van der Waals surface area contributed by atoms with E-state index < -0.39 is 6.10 Å². The minimum atomic E-state index is -0.779. The Bertz CT molecular complexity index is 1460. The maximum absolute atomic E-state index is 13.0. The highest BCUT2D eigenvalue weighted by Gasteiger charge is 2.19. The van der Waals surface area contributed by atoms with Gasteiger partial charge < -0.3 is 14.2 Å². The molecule has 6 heteroatoms. The van der Waals surface area contributed by atoms with Crippen LogP contribution < -0.4 is 0 Å². The molecule has 6 nitrogen and oxygen atoms in total. The van der Waals surface area contributed by atoms with Crippen LogP contribution in [0, 0.1) is 0 Å². The van der Waals surface area contributed by atoms with E-state index in [1.54, 1.807) is 0 Å². The third kappa shape index (κ3) is 67.9. The molecule has 0 saturated heterocycles. The van der Waals surface area contributed by atoms with E-state index in [0.29, 0.717) is 19.3 Å². The van der Waals surface area contributed by atoms with Gasteiger partial charge in [-0.2, -0.15) is 0 Å². The summed E-state index contributed by atoms with van der Waals surface area (Å²) in [4.78, 5) is 38.5. The van der Waals surface area contributed by atoms with Gasteiger partial charge in [0.2, 0.25) is 0 Å². The Morgan fingerprint density at radius 2 is 0.476 bits per heavy atom. The van der Waals surface area contributed by atoms with Gasteiger partial charge in [-0.3, -0.25) is 14.4 Å². The first kappa shape index (κ1) is 79.1. The molecule has 0 spiro atoms. The molecule has 0 bridgehead atoms. The van der Waals surface area contributed by atoms with Crippen LogP contribution in [-0.2, 0) is 28.6 Å². The minimum Gasteiger partial charge on any atom is -0.462 e. The molecule has 1 unspecified atom stereocenters. The molecule has 0 aromatic rings. The van der Waals surface area contributed by atoms with Crippen molar-refractivity contribution < 1.29 is 28.6 Å². The van der Waals surface area contributed by atoms with Crippen LogP contribution >= 0.6 is 0 Å². The summed E-state index contributed by atoms with van der Waals surface area (Å²) >= 11 is 0. The second kappa shape index (κ2) is 70.6. The number of esters is 3. The number of rotatable bonds is 67. The third-order valence-electron chi connectivity index (χ3n) is 16.3. The fourth-order valence-corrected chi connectivity index (χ4v) is 10.9. The summed E-state index contributed by atoms with van der Waals surface area (Å²) in [5.74, 6) is -0.857. The average molecular weight is 1150 g/mol. The summed E-state index contributed by atoms with van der Waals surface area (Å²) in [6, 6.07) is 0. The van der Waals surface area contributed by atoms with Crippen molar-refractivity contribution in [3.63, 3.8) is 0 Å². The van der Waals surface area contributed by atoms with Gasteiger partial charge in [0.05, 0.1) is 0 Å². The lowest BCUT2D eigenvalue weighted by atomic mass is 10.0. The standard InChI is InChI=1S/C76H138O6/c1-4-7-10-13-16-19-22-25-28-30-32-34-36-37-38-40-41-43-45-48-51-54-57-60-63-66-69-75(78)81-72-73(71-80-74(77)68-65-62-59-56-53-50-47-27-24-21-18-15-12-9-6-3)82-76(79)70-67-64-61-58-55-52-49-46-44-42-39-35-33-31-29-26-23-20-17-14-11-8-5-2/h8,11,17,20,26,29,33,35,42,44,73H,4-7,9-10,12-16,18-19,21-25,27-28,30-32,34,36-41,43,45-72H2,1-3H3/b11-8-,20-17-,29-26-,35-33-,44-42-. The van der Waals surface area contributed by atoms with Crippen molar-refractivity contribution in [2.24, 2.45) is 0 Å². The van der Waals surface area contributed by atoms with Crippen LogP contribution in [0.15, 0.2) is 60.8 Å². The Kier molecular flexibility index (Phi) is 68.1. The SMILES string of the molecule is CC/C=C\C/C=C\C/C=C\C/C=C\C/C=C\CCCCCCCCCC(=O)OC(COC(=O)CCCCCCCCCCCCCCCCC)COC(=O)CCCCCCCCCCCCCCCCCCCCCCCCCCCC. The van der Waals surface area contributed by atoms with Crippen molar-refractivity contribution in [3.8, 4) is 0 Å². The maximum atomic E-state index is 13.0. The summed E-state index contributed by atoms with van der Waals surface area (Å²) in [5.41, 5.74) is 0. The molecule has 1 atom stereocenters. The van der Waals surface area contributed by atoms with Crippen molar-refractivity contribution >= 4 is 17.9 Å². The van der Waals surface area contributed by atoms with E-state index in [-0.39, 0.29) is 31.1 Å². The molecule has 0 aliphatic rings. The zero-order chi connectivity index (χ0) is 59.2. The summed E-state index contributed by atoms with van der Waals surface area (Å²) in [6.07, 6.45) is 91.1. The van der Waals surface area contributed by atoms with Crippen molar-refractivity contribution in [3.05, 3.63) is 60.8 Å². The molecule has 0 fully saturated rings.